The van der Waals surface area contributed by atoms with Crippen molar-refractivity contribution < 1.29 is 4.52 Å². The molecule has 0 aliphatic carbocycles. The predicted molar refractivity (Wildman–Crippen MR) is 83.0 cm³/mol. The molecule has 2 rings (SSSR count). The van der Waals surface area contributed by atoms with E-state index in [0.29, 0.717) is 23.7 Å². The van der Waals surface area contributed by atoms with Gasteiger partial charge in [-0.15, -0.1) is 0 Å². The van der Waals surface area contributed by atoms with E-state index in [1.54, 1.807) is 0 Å². The molecule has 2 aromatic heterocycles. The lowest BCUT2D eigenvalue weighted by molar-refractivity contribution is 0.345. The maximum absolute atomic E-state index is 5.39. The molecule has 0 fully saturated rings. The Labute approximate surface area is 126 Å². The molecule has 2 heterocycles. The molecule has 1 atom stereocenters. The topological polar surface area (TPSA) is 63.8 Å². The second-order valence-electron chi connectivity index (χ2n) is 5.97. The molecule has 0 bridgehead atoms. The van der Waals surface area contributed by atoms with Gasteiger partial charge in [0.05, 0.1) is 0 Å². The van der Waals surface area contributed by atoms with Gasteiger partial charge < -0.3 is 9.84 Å². The van der Waals surface area contributed by atoms with E-state index in [9.17, 15) is 0 Å². The fourth-order valence-electron chi connectivity index (χ4n) is 2.50. The number of nitrogens with zero attached hydrogens (tertiary/aromatic N) is 3. The molecule has 21 heavy (non-hydrogen) atoms. The number of likely N-dealkylation sites (N-methyl/N-ethyl adjacent to an activating group) is 1. The second-order valence-corrected chi connectivity index (χ2v) is 5.97. The minimum atomic E-state index is 0.360. The van der Waals surface area contributed by atoms with Gasteiger partial charge in [0.1, 0.15) is 0 Å². The van der Waals surface area contributed by atoms with Gasteiger partial charge >= 0.3 is 0 Å². The monoisotopic (exact) mass is 288 g/mol. The van der Waals surface area contributed by atoms with Crippen LogP contribution in [0.4, 0.5) is 0 Å². The molecule has 0 saturated carbocycles. The first kappa shape index (κ1) is 15.6. The van der Waals surface area contributed by atoms with Crippen LogP contribution in [0.1, 0.15) is 37.5 Å². The summed E-state index contributed by atoms with van der Waals surface area (Å²) < 4.78 is 5.39. The van der Waals surface area contributed by atoms with Crippen LogP contribution in [0.5, 0.6) is 0 Å². The van der Waals surface area contributed by atoms with Gasteiger partial charge in [-0.3, -0.25) is 4.98 Å². The normalized spacial score (nSPS) is 12.9. The highest BCUT2D eigenvalue weighted by Crippen LogP contribution is 2.18. The van der Waals surface area contributed by atoms with Crippen LogP contribution in [-0.4, -0.2) is 28.2 Å². The molecule has 0 aliphatic rings. The van der Waals surface area contributed by atoms with E-state index in [0.717, 1.165) is 29.8 Å². The molecular formula is C16H24N4O. The lowest BCUT2D eigenvalue weighted by Crippen LogP contribution is -2.29. The summed E-state index contributed by atoms with van der Waals surface area (Å²) in [5.41, 5.74) is 2.88. The zero-order valence-electron chi connectivity index (χ0n) is 13.5. The Morgan fingerprint density at radius 3 is 2.38 bits per heavy atom. The summed E-state index contributed by atoms with van der Waals surface area (Å²) in [6.45, 7) is 8.37. The molecule has 0 spiro atoms. The van der Waals surface area contributed by atoms with Crippen LogP contribution in [0.3, 0.4) is 0 Å². The third-order valence-corrected chi connectivity index (χ3v) is 3.39. The third kappa shape index (κ3) is 4.36. The van der Waals surface area contributed by atoms with Crippen molar-refractivity contribution in [2.24, 2.45) is 5.92 Å². The average molecular weight is 288 g/mol. The predicted octanol–water partition coefficient (Wildman–Crippen LogP) is 2.93. The van der Waals surface area contributed by atoms with Crippen molar-refractivity contribution in [3.8, 4) is 11.4 Å². The van der Waals surface area contributed by atoms with Gasteiger partial charge in [0, 0.05) is 29.4 Å². The molecular weight excluding hydrogens is 264 g/mol. The summed E-state index contributed by atoms with van der Waals surface area (Å²) >= 11 is 0. The van der Waals surface area contributed by atoms with E-state index in [2.05, 4.69) is 34.3 Å². The van der Waals surface area contributed by atoms with E-state index in [1.165, 1.54) is 0 Å². The van der Waals surface area contributed by atoms with Crippen LogP contribution in [0.2, 0.25) is 0 Å². The molecule has 0 aliphatic heterocycles. The Morgan fingerprint density at radius 1 is 1.14 bits per heavy atom. The van der Waals surface area contributed by atoms with Crippen molar-refractivity contribution in [2.75, 3.05) is 7.05 Å². The highest BCUT2D eigenvalue weighted by molar-refractivity contribution is 5.55. The number of hydrogen-bond acceptors (Lipinski definition) is 5. The Kier molecular flexibility index (Phi) is 5.07. The van der Waals surface area contributed by atoms with Crippen LogP contribution in [-0.2, 0) is 6.42 Å². The SMILES string of the molecule is CNC(Cc1nc(-c2cc(C)nc(C)c2)no1)CC(C)C. The summed E-state index contributed by atoms with van der Waals surface area (Å²) in [5.74, 6) is 1.95. The third-order valence-electron chi connectivity index (χ3n) is 3.39. The van der Waals surface area contributed by atoms with E-state index >= 15 is 0 Å². The maximum atomic E-state index is 5.39. The summed E-state index contributed by atoms with van der Waals surface area (Å²) in [6.07, 6.45) is 1.84. The van der Waals surface area contributed by atoms with Crippen LogP contribution in [0.15, 0.2) is 16.7 Å². The van der Waals surface area contributed by atoms with Crippen molar-refractivity contribution in [3.05, 3.63) is 29.4 Å². The Morgan fingerprint density at radius 2 is 1.81 bits per heavy atom. The zero-order valence-corrected chi connectivity index (χ0v) is 13.5. The van der Waals surface area contributed by atoms with Crippen molar-refractivity contribution in [1.29, 1.82) is 0 Å². The van der Waals surface area contributed by atoms with Crippen molar-refractivity contribution in [3.63, 3.8) is 0 Å². The molecule has 2 aromatic rings. The summed E-state index contributed by atoms with van der Waals surface area (Å²) in [7, 11) is 1.97. The van der Waals surface area contributed by atoms with Gasteiger partial charge in [0.2, 0.25) is 11.7 Å². The van der Waals surface area contributed by atoms with Gasteiger partial charge in [0.25, 0.3) is 0 Å². The number of aryl methyl sites for hydroxylation is 2. The molecule has 0 amide bonds. The first-order chi connectivity index (χ1) is 9.97. The van der Waals surface area contributed by atoms with E-state index in [4.69, 9.17) is 4.52 Å². The Hall–Kier alpha value is -1.75. The van der Waals surface area contributed by atoms with E-state index < -0.39 is 0 Å². The summed E-state index contributed by atoms with van der Waals surface area (Å²) in [4.78, 5) is 8.88. The fraction of sp³-hybridized carbons (Fsp3) is 0.562. The minimum Gasteiger partial charge on any atom is -0.339 e. The van der Waals surface area contributed by atoms with Gasteiger partial charge in [-0.2, -0.15) is 4.98 Å². The van der Waals surface area contributed by atoms with Crippen molar-refractivity contribution in [2.45, 2.75) is 46.6 Å². The molecule has 1 N–H and O–H groups in total. The standard InChI is InChI=1S/C16H24N4O/c1-10(2)6-14(17-5)9-15-19-16(20-21-15)13-7-11(3)18-12(4)8-13/h7-8,10,14,17H,6,9H2,1-5H3. The van der Waals surface area contributed by atoms with Crippen LogP contribution in [0.25, 0.3) is 11.4 Å². The fourth-order valence-corrected chi connectivity index (χ4v) is 2.50. The van der Waals surface area contributed by atoms with Gasteiger partial charge in [-0.1, -0.05) is 19.0 Å². The molecule has 0 radical (unpaired) electrons. The lowest BCUT2D eigenvalue weighted by Gasteiger charge is -2.15. The molecule has 0 saturated heterocycles. The first-order valence-corrected chi connectivity index (χ1v) is 7.43. The number of hydrogen-bond donors (Lipinski definition) is 1. The number of nitrogens with one attached hydrogen (secondary N) is 1. The number of aromatic nitrogens is 3. The Balaban J connectivity index is 2.13. The largest absolute Gasteiger partial charge is 0.339 e. The lowest BCUT2D eigenvalue weighted by atomic mass is 10.0. The van der Waals surface area contributed by atoms with Gasteiger partial charge in [-0.05, 0) is 45.4 Å². The van der Waals surface area contributed by atoms with Gasteiger partial charge in [0.15, 0.2) is 0 Å². The quantitative estimate of drug-likeness (QED) is 0.885. The smallest absolute Gasteiger partial charge is 0.228 e. The molecule has 1 unspecified atom stereocenters. The van der Waals surface area contributed by atoms with Crippen LogP contribution < -0.4 is 5.32 Å². The average Bonchev–Trinajstić information content (AvgIpc) is 2.84. The Bertz CT molecular complexity index is 571. The maximum Gasteiger partial charge on any atom is 0.228 e. The van der Waals surface area contributed by atoms with E-state index in [1.807, 2.05) is 33.0 Å². The first-order valence-electron chi connectivity index (χ1n) is 7.43. The molecule has 0 aromatic carbocycles. The highest BCUT2D eigenvalue weighted by atomic mass is 16.5. The number of pyridine rings is 1. The van der Waals surface area contributed by atoms with Crippen molar-refractivity contribution >= 4 is 0 Å². The summed E-state index contributed by atoms with van der Waals surface area (Å²) in [6, 6.07) is 4.32. The molecule has 114 valence electrons. The van der Waals surface area contributed by atoms with E-state index in [-0.39, 0.29) is 0 Å². The zero-order chi connectivity index (χ0) is 15.4. The van der Waals surface area contributed by atoms with Crippen LogP contribution >= 0.6 is 0 Å². The van der Waals surface area contributed by atoms with Gasteiger partial charge in [-0.25, -0.2) is 0 Å². The summed E-state index contributed by atoms with van der Waals surface area (Å²) in [5, 5.41) is 7.40. The molecule has 5 heteroatoms. The van der Waals surface area contributed by atoms with Crippen molar-refractivity contribution in [1.82, 2.24) is 20.4 Å². The number of rotatable bonds is 6. The highest BCUT2D eigenvalue weighted by Gasteiger charge is 2.15. The molecule has 5 nitrogen and oxygen atoms in total. The minimum absolute atomic E-state index is 0.360. The second kappa shape index (κ2) is 6.80. The van der Waals surface area contributed by atoms with Crippen LogP contribution in [0, 0.1) is 19.8 Å².